The monoisotopic (exact) mass is 304 g/mol. The predicted molar refractivity (Wildman–Crippen MR) is 74.9 cm³/mol. The van der Waals surface area contributed by atoms with Gasteiger partial charge in [0.05, 0.1) is 19.0 Å². The highest BCUT2D eigenvalue weighted by Crippen LogP contribution is 2.32. The van der Waals surface area contributed by atoms with Gasteiger partial charge in [0.25, 0.3) is 5.91 Å². The van der Waals surface area contributed by atoms with Crippen molar-refractivity contribution in [2.24, 2.45) is 0 Å². The van der Waals surface area contributed by atoms with E-state index < -0.39 is 11.5 Å². The van der Waals surface area contributed by atoms with E-state index in [1.54, 1.807) is 18.2 Å². The van der Waals surface area contributed by atoms with E-state index in [4.69, 9.17) is 8.94 Å². The number of carbonyl (C=O) groups is 1. The minimum atomic E-state index is -1.42. The molecule has 21 heavy (non-hydrogen) atoms. The summed E-state index contributed by atoms with van der Waals surface area (Å²) in [4.78, 5) is 12.6. The summed E-state index contributed by atoms with van der Waals surface area (Å²) < 4.78 is 10.1. The second-order valence-electron chi connectivity index (χ2n) is 4.37. The van der Waals surface area contributed by atoms with Crippen LogP contribution in [0.5, 0.6) is 0 Å². The Balaban J connectivity index is 1.83. The molecule has 0 saturated carbocycles. The van der Waals surface area contributed by atoms with Gasteiger partial charge in [-0.2, -0.15) is 0 Å². The number of nitrogens with one attached hydrogen (secondary N) is 1. The molecule has 1 unspecified atom stereocenters. The van der Waals surface area contributed by atoms with Gasteiger partial charge in [-0.15, -0.1) is 11.3 Å². The second kappa shape index (κ2) is 5.55. The van der Waals surface area contributed by atoms with Crippen molar-refractivity contribution in [3.05, 3.63) is 64.6 Å². The highest BCUT2D eigenvalue weighted by molar-refractivity contribution is 7.10. The molecule has 108 valence electrons. The summed E-state index contributed by atoms with van der Waals surface area (Å²) in [6.45, 7) is -0.0411. The lowest BCUT2D eigenvalue weighted by molar-refractivity contribution is 0.0544. The van der Waals surface area contributed by atoms with Crippen molar-refractivity contribution >= 4 is 17.2 Å². The van der Waals surface area contributed by atoms with Gasteiger partial charge in [0.1, 0.15) is 5.76 Å². The van der Waals surface area contributed by atoms with Crippen LogP contribution in [-0.2, 0) is 5.60 Å². The van der Waals surface area contributed by atoms with Crippen molar-refractivity contribution in [1.29, 1.82) is 0 Å². The largest absolute Gasteiger partial charge is 0.466 e. The van der Waals surface area contributed by atoms with Gasteiger partial charge in [0, 0.05) is 10.9 Å². The maximum Gasteiger partial charge on any atom is 0.290 e. The number of thiophene rings is 1. The first-order chi connectivity index (χ1) is 10.2. The van der Waals surface area contributed by atoms with E-state index >= 15 is 0 Å². The number of hydrogen-bond donors (Lipinski definition) is 2. The standard InChI is InChI=1S/C14H12N2O4S/c17-13(10-5-6-16-20-10)15-9-14(18,11-3-1-7-19-11)12-4-2-8-21-12/h1-8,18H,9H2,(H,15,17). The zero-order valence-electron chi connectivity index (χ0n) is 10.9. The molecule has 0 aliphatic carbocycles. The summed E-state index contributed by atoms with van der Waals surface area (Å²) in [5.74, 6) is -0.000156. The Morgan fingerprint density at radius 1 is 1.38 bits per heavy atom. The van der Waals surface area contributed by atoms with Crippen molar-refractivity contribution in [1.82, 2.24) is 10.5 Å². The molecule has 1 atom stereocenters. The number of carbonyl (C=O) groups excluding carboxylic acids is 1. The topological polar surface area (TPSA) is 88.5 Å². The molecule has 0 aromatic carbocycles. The summed E-state index contributed by atoms with van der Waals surface area (Å²) in [6, 6.07) is 8.42. The lowest BCUT2D eigenvalue weighted by Crippen LogP contribution is -2.40. The Labute approximate surface area is 124 Å². The van der Waals surface area contributed by atoms with Crippen LogP contribution >= 0.6 is 11.3 Å². The van der Waals surface area contributed by atoms with Gasteiger partial charge >= 0.3 is 0 Å². The Morgan fingerprint density at radius 3 is 2.90 bits per heavy atom. The normalized spacial score (nSPS) is 13.8. The first-order valence-corrected chi connectivity index (χ1v) is 7.07. The quantitative estimate of drug-likeness (QED) is 0.752. The predicted octanol–water partition coefficient (Wildman–Crippen LogP) is 1.99. The van der Waals surface area contributed by atoms with Crippen LogP contribution in [0.2, 0.25) is 0 Å². The van der Waals surface area contributed by atoms with E-state index in [1.807, 2.05) is 11.4 Å². The first-order valence-electron chi connectivity index (χ1n) is 6.19. The number of nitrogens with zero attached hydrogens (tertiary/aromatic N) is 1. The van der Waals surface area contributed by atoms with Crippen LogP contribution in [0.1, 0.15) is 21.2 Å². The van der Waals surface area contributed by atoms with E-state index in [1.165, 1.54) is 29.9 Å². The maximum atomic E-state index is 11.9. The fourth-order valence-electron chi connectivity index (χ4n) is 1.95. The van der Waals surface area contributed by atoms with Crippen LogP contribution in [0, 0.1) is 0 Å². The van der Waals surface area contributed by atoms with Crippen LogP contribution in [0.25, 0.3) is 0 Å². The lowest BCUT2D eigenvalue weighted by atomic mass is 9.98. The minimum absolute atomic E-state index is 0.0411. The van der Waals surface area contributed by atoms with Gasteiger partial charge in [-0.05, 0) is 23.6 Å². The minimum Gasteiger partial charge on any atom is -0.466 e. The zero-order chi connectivity index (χ0) is 14.7. The molecular formula is C14H12N2O4S. The Bertz CT molecular complexity index is 655. The fourth-order valence-corrected chi connectivity index (χ4v) is 2.78. The molecule has 0 fully saturated rings. The van der Waals surface area contributed by atoms with Gasteiger partial charge in [-0.1, -0.05) is 11.2 Å². The lowest BCUT2D eigenvalue weighted by Gasteiger charge is -2.24. The summed E-state index contributed by atoms with van der Waals surface area (Å²) in [6.07, 6.45) is 2.86. The fraction of sp³-hybridized carbons (Fsp3) is 0.143. The summed E-state index contributed by atoms with van der Waals surface area (Å²) in [5.41, 5.74) is -1.42. The number of rotatable bonds is 5. The molecule has 0 bridgehead atoms. The molecule has 0 aliphatic heterocycles. The third kappa shape index (κ3) is 2.61. The highest BCUT2D eigenvalue weighted by Gasteiger charge is 2.36. The summed E-state index contributed by atoms with van der Waals surface area (Å²) in [5, 5.41) is 18.9. The van der Waals surface area contributed by atoms with Crippen LogP contribution in [-0.4, -0.2) is 22.7 Å². The third-order valence-electron chi connectivity index (χ3n) is 3.02. The smallest absolute Gasteiger partial charge is 0.290 e. The first kappa shape index (κ1) is 13.6. The molecule has 0 aliphatic rings. The van der Waals surface area contributed by atoms with Crippen molar-refractivity contribution in [3.63, 3.8) is 0 Å². The number of aromatic nitrogens is 1. The van der Waals surface area contributed by atoms with Crippen LogP contribution in [0.4, 0.5) is 0 Å². The van der Waals surface area contributed by atoms with E-state index in [0.717, 1.165) is 0 Å². The van der Waals surface area contributed by atoms with Gasteiger partial charge in [-0.3, -0.25) is 4.79 Å². The van der Waals surface area contributed by atoms with E-state index in [2.05, 4.69) is 10.5 Å². The van der Waals surface area contributed by atoms with Gasteiger partial charge in [0.15, 0.2) is 5.60 Å². The van der Waals surface area contributed by atoms with Gasteiger partial charge in [-0.25, -0.2) is 0 Å². The average Bonchev–Trinajstić information content (AvgIpc) is 3.27. The summed E-state index contributed by atoms with van der Waals surface area (Å²) in [7, 11) is 0. The molecule has 3 aromatic rings. The van der Waals surface area contributed by atoms with Crippen molar-refractivity contribution in [2.75, 3.05) is 6.54 Å². The molecule has 0 saturated heterocycles. The molecule has 6 nitrogen and oxygen atoms in total. The number of hydrogen-bond acceptors (Lipinski definition) is 6. The Kier molecular flexibility index (Phi) is 3.59. The summed E-state index contributed by atoms with van der Waals surface area (Å²) >= 11 is 1.38. The van der Waals surface area contributed by atoms with Crippen LogP contribution < -0.4 is 5.32 Å². The molecular weight excluding hydrogens is 292 g/mol. The molecule has 7 heteroatoms. The van der Waals surface area contributed by atoms with E-state index in [-0.39, 0.29) is 12.3 Å². The average molecular weight is 304 g/mol. The maximum absolute atomic E-state index is 11.9. The molecule has 0 spiro atoms. The molecule has 0 radical (unpaired) electrons. The number of aliphatic hydroxyl groups is 1. The van der Waals surface area contributed by atoms with Crippen LogP contribution in [0.15, 0.2) is 57.1 Å². The van der Waals surface area contributed by atoms with Crippen LogP contribution in [0.3, 0.4) is 0 Å². The molecule has 1 amide bonds. The van der Waals surface area contributed by atoms with Crippen molar-refractivity contribution in [2.45, 2.75) is 5.60 Å². The van der Waals surface area contributed by atoms with Crippen molar-refractivity contribution in [3.8, 4) is 0 Å². The SMILES string of the molecule is O=C(NCC(O)(c1ccco1)c1cccs1)c1ccno1. The molecule has 2 N–H and O–H groups in total. The van der Waals surface area contributed by atoms with E-state index in [0.29, 0.717) is 10.6 Å². The van der Waals surface area contributed by atoms with Gasteiger partial charge < -0.3 is 19.4 Å². The molecule has 3 rings (SSSR count). The second-order valence-corrected chi connectivity index (χ2v) is 5.32. The number of amides is 1. The van der Waals surface area contributed by atoms with E-state index in [9.17, 15) is 9.90 Å². The molecule has 3 heterocycles. The van der Waals surface area contributed by atoms with Crippen molar-refractivity contribution < 1.29 is 18.8 Å². The zero-order valence-corrected chi connectivity index (χ0v) is 11.7. The molecule has 3 aromatic heterocycles. The number of furan rings is 1. The Hall–Kier alpha value is -2.38. The third-order valence-corrected chi connectivity index (χ3v) is 4.04. The van der Waals surface area contributed by atoms with Gasteiger partial charge in [0.2, 0.25) is 5.76 Å². The highest BCUT2D eigenvalue weighted by atomic mass is 32.1. The Morgan fingerprint density at radius 2 is 2.29 bits per heavy atom.